The Morgan fingerprint density at radius 2 is 1.92 bits per heavy atom. The Morgan fingerprint density at radius 1 is 1.31 bits per heavy atom. The number of hydrogen-bond donors (Lipinski definition) is 0. The second-order valence-electron chi connectivity index (χ2n) is 3.83. The maximum atomic E-state index is 5.54. The van der Waals surface area contributed by atoms with Crippen LogP contribution in [0.1, 0.15) is 13.8 Å². The summed E-state index contributed by atoms with van der Waals surface area (Å²) in [5.74, 6) is 0.911. The average Bonchev–Trinajstić information content (AvgIpc) is 2.73. The van der Waals surface area contributed by atoms with Crippen LogP contribution in [0.4, 0.5) is 0 Å². The lowest BCUT2D eigenvalue weighted by atomic mass is 10.1. The smallest absolute Gasteiger partial charge is 0.121 e. The first kappa shape index (κ1) is 8.57. The Kier molecular flexibility index (Phi) is 2.00. The zero-order valence-corrected chi connectivity index (χ0v) is 7.99. The number of benzene rings is 1. The monoisotopic (exact) mass is 178 g/mol. The summed E-state index contributed by atoms with van der Waals surface area (Å²) < 4.78 is 10.9. The van der Waals surface area contributed by atoms with Gasteiger partial charge in [-0.15, -0.1) is 0 Å². The second kappa shape index (κ2) is 3.04. The summed E-state index contributed by atoms with van der Waals surface area (Å²) in [6.45, 7) is 4.80. The first-order valence-electron chi connectivity index (χ1n) is 4.54. The van der Waals surface area contributed by atoms with Crippen LogP contribution in [-0.4, -0.2) is 18.3 Å². The van der Waals surface area contributed by atoms with Gasteiger partial charge in [0.2, 0.25) is 0 Å². The van der Waals surface area contributed by atoms with Gasteiger partial charge in [-0.25, -0.2) is 0 Å². The van der Waals surface area contributed by atoms with E-state index < -0.39 is 0 Å². The molecule has 1 atom stereocenters. The summed E-state index contributed by atoms with van der Waals surface area (Å²) in [6.07, 6.45) is 0.257. The molecule has 1 saturated heterocycles. The summed E-state index contributed by atoms with van der Waals surface area (Å²) in [6, 6.07) is 9.82. The largest absolute Gasteiger partial charge is 0.491 e. The summed E-state index contributed by atoms with van der Waals surface area (Å²) in [5, 5.41) is 0. The fraction of sp³-hybridized carbons (Fsp3) is 0.455. The first-order chi connectivity index (χ1) is 6.18. The second-order valence-corrected chi connectivity index (χ2v) is 3.83. The third-order valence-corrected chi connectivity index (χ3v) is 2.31. The molecular formula is C11H14O2. The highest BCUT2D eigenvalue weighted by Crippen LogP contribution is 2.35. The van der Waals surface area contributed by atoms with Crippen molar-refractivity contribution in [3.05, 3.63) is 30.3 Å². The van der Waals surface area contributed by atoms with Crippen LogP contribution in [0.5, 0.6) is 5.75 Å². The third kappa shape index (κ3) is 2.01. The van der Waals surface area contributed by atoms with Crippen LogP contribution < -0.4 is 4.74 Å². The van der Waals surface area contributed by atoms with Crippen LogP contribution in [0.25, 0.3) is 0 Å². The molecule has 1 aromatic carbocycles. The molecule has 2 nitrogen and oxygen atoms in total. The molecule has 1 unspecified atom stereocenters. The highest BCUT2D eigenvalue weighted by molar-refractivity contribution is 5.21. The van der Waals surface area contributed by atoms with Crippen molar-refractivity contribution < 1.29 is 9.47 Å². The van der Waals surface area contributed by atoms with E-state index >= 15 is 0 Å². The van der Waals surface area contributed by atoms with Crippen LogP contribution in [-0.2, 0) is 4.74 Å². The van der Waals surface area contributed by atoms with E-state index in [4.69, 9.17) is 9.47 Å². The van der Waals surface area contributed by atoms with Gasteiger partial charge in [0.25, 0.3) is 0 Å². The lowest BCUT2D eigenvalue weighted by molar-refractivity contribution is 0.254. The van der Waals surface area contributed by atoms with E-state index in [-0.39, 0.29) is 11.7 Å². The van der Waals surface area contributed by atoms with E-state index in [9.17, 15) is 0 Å². The molecular weight excluding hydrogens is 164 g/mol. The summed E-state index contributed by atoms with van der Waals surface area (Å²) >= 11 is 0. The van der Waals surface area contributed by atoms with Crippen LogP contribution in [0.2, 0.25) is 0 Å². The molecule has 1 heterocycles. The third-order valence-electron chi connectivity index (χ3n) is 2.31. The van der Waals surface area contributed by atoms with Crippen LogP contribution in [0.15, 0.2) is 30.3 Å². The minimum atomic E-state index is 0.0226. The van der Waals surface area contributed by atoms with Crippen molar-refractivity contribution in [1.82, 2.24) is 0 Å². The zero-order chi connectivity index (χ0) is 9.31. The molecule has 0 aliphatic carbocycles. The van der Waals surface area contributed by atoms with Gasteiger partial charge in [-0.2, -0.15) is 0 Å². The van der Waals surface area contributed by atoms with Crippen molar-refractivity contribution >= 4 is 0 Å². The van der Waals surface area contributed by atoms with E-state index in [1.54, 1.807) is 0 Å². The topological polar surface area (TPSA) is 21.8 Å². The number of epoxide rings is 1. The Morgan fingerprint density at radius 3 is 2.46 bits per heavy atom. The minimum Gasteiger partial charge on any atom is -0.491 e. The summed E-state index contributed by atoms with van der Waals surface area (Å²) in [7, 11) is 0. The van der Waals surface area contributed by atoms with Gasteiger partial charge < -0.3 is 9.47 Å². The van der Waals surface area contributed by atoms with E-state index in [1.165, 1.54) is 0 Å². The van der Waals surface area contributed by atoms with Gasteiger partial charge in [0.15, 0.2) is 0 Å². The molecule has 1 fully saturated rings. The van der Waals surface area contributed by atoms with Crippen molar-refractivity contribution in [2.75, 3.05) is 6.61 Å². The fourth-order valence-corrected chi connectivity index (χ4v) is 1.26. The highest BCUT2D eigenvalue weighted by Gasteiger charge is 2.48. The SMILES string of the molecule is CC1(C)OC1COc1ccccc1. The van der Waals surface area contributed by atoms with E-state index in [1.807, 2.05) is 30.3 Å². The molecule has 0 saturated carbocycles. The Labute approximate surface area is 78.5 Å². The standard InChI is InChI=1S/C11H14O2/c1-11(2)10(13-11)8-12-9-6-4-3-5-7-9/h3-7,10H,8H2,1-2H3. The van der Waals surface area contributed by atoms with Crippen molar-refractivity contribution in [3.63, 3.8) is 0 Å². The van der Waals surface area contributed by atoms with Gasteiger partial charge in [0.1, 0.15) is 18.5 Å². The Hall–Kier alpha value is -1.02. The Bertz CT molecular complexity index is 279. The quantitative estimate of drug-likeness (QED) is 0.662. The van der Waals surface area contributed by atoms with Crippen molar-refractivity contribution in [2.45, 2.75) is 25.6 Å². The Balaban J connectivity index is 1.82. The van der Waals surface area contributed by atoms with E-state index in [2.05, 4.69) is 13.8 Å². The highest BCUT2D eigenvalue weighted by atomic mass is 16.6. The molecule has 1 aromatic rings. The number of hydrogen-bond acceptors (Lipinski definition) is 2. The summed E-state index contributed by atoms with van der Waals surface area (Å²) in [5.41, 5.74) is 0.0226. The lowest BCUT2D eigenvalue weighted by Crippen LogP contribution is -2.12. The number of ether oxygens (including phenoxy) is 2. The molecule has 0 radical (unpaired) electrons. The molecule has 0 spiro atoms. The summed E-state index contributed by atoms with van der Waals surface area (Å²) in [4.78, 5) is 0. The molecule has 1 aliphatic rings. The molecule has 1 aliphatic heterocycles. The molecule has 70 valence electrons. The van der Waals surface area contributed by atoms with Crippen molar-refractivity contribution in [3.8, 4) is 5.75 Å². The van der Waals surface area contributed by atoms with Crippen LogP contribution in [0, 0.1) is 0 Å². The minimum absolute atomic E-state index is 0.0226. The van der Waals surface area contributed by atoms with Crippen LogP contribution in [0.3, 0.4) is 0 Å². The molecule has 2 heteroatoms. The van der Waals surface area contributed by atoms with Gasteiger partial charge in [-0.3, -0.25) is 0 Å². The van der Waals surface area contributed by atoms with E-state index in [0.29, 0.717) is 6.61 Å². The van der Waals surface area contributed by atoms with Gasteiger partial charge in [0.05, 0.1) is 5.60 Å². The normalized spacial score (nSPS) is 24.0. The van der Waals surface area contributed by atoms with Crippen LogP contribution >= 0.6 is 0 Å². The van der Waals surface area contributed by atoms with Gasteiger partial charge in [-0.05, 0) is 26.0 Å². The van der Waals surface area contributed by atoms with Gasteiger partial charge in [0, 0.05) is 0 Å². The van der Waals surface area contributed by atoms with E-state index in [0.717, 1.165) is 5.75 Å². The first-order valence-corrected chi connectivity index (χ1v) is 4.54. The number of rotatable bonds is 3. The molecule has 0 bridgehead atoms. The maximum absolute atomic E-state index is 5.54. The molecule has 0 N–H and O–H groups in total. The molecule has 13 heavy (non-hydrogen) atoms. The lowest BCUT2D eigenvalue weighted by Gasteiger charge is -2.03. The van der Waals surface area contributed by atoms with Crippen molar-refractivity contribution in [1.29, 1.82) is 0 Å². The zero-order valence-electron chi connectivity index (χ0n) is 7.99. The predicted octanol–water partition coefficient (Wildman–Crippen LogP) is 2.24. The maximum Gasteiger partial charge on any atom is 0.121 e. The molecule has 0 amide bonds. The average molecular weight is 178 g/mol. The van der Waals surface area contributed by atoms with Gasteiger partial charge in [-0.1, -0.05) is 18.2 Å². The van der Waals surface area contributed by atoms with Gasteiger partial charge >= 0.3 is 0 Å². The molecule has 0 aromatic heterocycles. The fourth-order valence-electron chi connectivity index (χ4n) is 1.26. The number of para-hydroxylation sites is 1. The predicted molar refractivity (Wildman–Crippen MR) is 50.9 cm³/mol. The molecule has 2 rings (SSSR count). The van der Waals surface area contributed by atoms with Crippen molar-refractivity contribution in [2.24, 2.45) is 0 Å².